The fraction of sp³-hybridized carbons (Fsp3) is 0.583. The van der Waals surface area contributed by atoms with Crippen LogP contribution in [0.4, 0.5) is 10.2 Å². The largest absolute Gasteiger partial charge is 0.394 e. The number of fused-ring (bicyclic) bond motifs is 1. The van der Waals surface area contributed by atoms with Crippen molar-refractivity contribution in [2.45, 2.75) is 74.5 Å². The van der Waals surface area contributed by atoms with E-state index in [4.69, 9.17) is 18.4 Å². The molecule has 2 aromatic heterocycles. The number of benzene rings is 1. The maximum atomic E-state index is 14.8. The van der Waals surface area contributed by atoms with Crippen molar-refractivity contribution >= 4 is 28.7 Å². The second-order valence-electron chi connectivity index (χ2n) is 8.28. The van der Waals surface area contributed by atoms with E-state index >= 15 is 0 Å². The lowest BCUT2D eigenvalue weighted by Gasteiger charge is -2.17. The van der Waals surface area contributed by atoms with Crippen LogP contribution in [0.5, 0.6) is 0 Å². The highest BCUT2D eigenvalue weighted by atomic mass is 32.2. The van der Waals surface area contributed by atoms with Gasteiger partial charge in [-0.05, 0) is 36.9 Å². The third kappa shape index (κ3) is 4.92. The highest BCUT2D eigenvalue weighted by Crippen LogP contribution is 2.44. The molecule has 0 saturated heterocycles. The molecule has 2 aliphatic carbocycles. The maximum Gasteiger partial charge on any atom is 0.191 e. The second-order valence-corrected chi connectivity index (χ2v) is 9.14. The zero-order valence-corrected chi connectivity index (χ0v) is 20.1. The molecule has 0 radical (unpaired) electrons. The van der Waals surface area contributed by atoms with E-state index in [9.17, 15) is 19.7 Å². The van der Waals surface area contributed by atoms with Crippen LogP contribution in [-0.4, -0.2) is 83.5 Å². The molecule has 194 valence electrons. The molecule has 5 rings (SSSR count). The summed E-state index contributed by atoms with van der Waals surface area (Å²) in [4.78, 5) is 8.67. The van der Waals surface area contributed by atoms with Gasteiger partial charge in [0.2, 0.25) is 0 Å². The van der Waals surface area contributed by atoms with E-state index in [1.807, 2.05) is 0 Å². The summed E-state index contributed by atoms with van der Waals surface area (Å²) >= 11 is 0.618. The van der Waals surface area contributed by atoms with Crippen molar-refractivity contribution in [3.05, 3.63) is 35.1 Å². The summed E-state index contributed by atoms with van der Waals surface area (Å²) in [6.07, 6.45) is -6.77. The smallest absolute Gasteiger partial charge is 0.191 e. The van der Waals surface area contributed by atoms with Gasteiger partial charge < -0.3 is 25.4 Å². The average Bonchev–Trinajstić information content (AvgIpc) is 3.28. The Labute approximate surface area is 226 Å². The van der Waals surface area contributed by atoms with Crippen LogP contribution in [0, 0.1) is 12.7 Å². The molecular weight excluding hydrogens is 487 g/mol. The van der Waals surface area contributed by atoms with Crippen LogP contribution < -0.4 is 5.32 Å². The Morgan fingerprint density at radius 1 is 1.39 bits per heavy atom. The first-order valence-corrected chi connectivity index (χ1v) is 12.0. The van der Waals surface area contributed by atoms with Crippen molar-refractivity contribution in [2.24, 2.45) is 0 Å². The first kappa shape index (κ1) is 15.8. The lowest BCUT2D eigenvalue weighted by molar-refractivity contribution is -0.0629. The topological polar surface area (TPSA) is 138 Å². The third-order valence-electron chi connectivity index (χ3n) is 5.88. The molecule has 0 bridgehead atoms. The summed E-state index contributed by atoms with van der Waals surface area (Å²) < 4.78 is 103. The summed E-state index contributed by atoms with van der Waals surface area (Å²) in [6.45, 7) is -0.692. The Balaban J connectivity index is 1.57. The number of rotatable bonds is 10. The molecule has 2 fully saturated rings. The first-order valence-electron chi connectivity index (χ1n) is 16.2. The third-order valence-corrected chi connectivity index (χ3v) is 6.68. The number of nitrogens with one attached hydrogen (secondary N) is 1. The number of hydrogen-bond donors (Lipinski definition) is 4. The van der Waals surface area contributed by atoms with E-state index in [1.165, 1.54) is 6.92 Å². The molecule has 0 spiro atoms. The minimum atomic E-state index is -2.70. The van der Waals surface area contributed by atoms with Gasteiger partial charge in [-0.3, -0.25) is 0 Å². The number of aliphatic hydroxyl groups excluding tert-OH is 2. The van der Waals surface area contributed by atoms with E-state index < -0.39 is 91.0 Å². The van der Waals surface area contributed by atoms with Gasteiger partial charge in [0.05, 0.1) is 32.2 Å². The number of anilines is 1. The molecule has 2 saturated carbocycles. The number of halogens is 1. The van der Waals surface area contributed by atoms with E-state index in [0.29, 0.717) is 11.8 Å². The van der Waals surface area contributed by atoms with Crippen LogP contribution in [0.1, 0.15) is 62.9 Å². The van der Waals surface area contributed by atoms with Gasteiger partial charge in [-0.1, -0.05) is 36.0 Å². The molecule has 6 atom stereocenters. The molecule has 0 aliphatic heterocycles. The molecule has 12 heteroatoms. The monoisotopic (exact) mass is 528 g/mol. The molecule has 0 unspecified atom stereocenters. The zero-order chi connectivity index (χ0) is 34.3. The van der Waals surface area contributed by atoms with Gasteiger partial charge in [-0.2, -0.15) is 0 Å². The lowest BCUT2D eigenvalue weighted by Crippen LogP contribution is -2.33. The normalized spacial score (nSPS) is 35.9. The van der Waals surface area contributed by atoms with Gasteiger partial charge in [0, 0.05) is 30.9 Å². The van der Waals surface area contributed by atoms with Gasteiger partial charge in [0.1, 0.15) is 18.0 Å². The van der Waals surface area contributed by atoms with Gasteiger partial charge in [-0.15, -0.1) is 5.10 Å². The highest BCUT2D eigenvalue weighted by Gasteiger charge is 2.45. The highest BCUT2D eigenvalue weighted by molar-refractivity contribution is 7.99. The number of nitrogens with zero attached hydrogens (tertiary/aromatic N) is 5. The molecule has 2 heterocycles. The van der Waals surface area contributed by atoms with Crippen LogP contribution in [0.3, 0.4) is 0 Å². The minimum Gasteiger partial charge on any atom is -0.394 e. The molecule has 1 aromatic carbocycles. The van der Waals surface area contributed by atoms with Crippen LogP contribution in [0.25, 0.3) is 11.2 Å². The quantitative estimate of drug-likeness (QED) is 0.229. The lowest BCUT2D eigenvalue weighted by atomic mass is 10.1. The Kier molecular flexibility index (Phi) is 4.62. The van der Waals surface area contributed by atoms with Crippen LogP contribution in [0.15, 0.2) is 23.3 Å². The predicted octanol–water partition coefficient (Wildman–Crippen LogP) is 2.18. The van der Waals surface area contributed by atoms with Crippen LogP contribution in [-0.2, 0) is 4.74 Å². The number of aromatic nitrogens is 5. The molecule has 3 aromatic rings. The van der Waals surface area contributed by atoms with Crippen molar-refractivity contribution in [3.8, 4) is 0 Å². The summed E-state index contributed by atoms with van der Waals surface area (Å²) in [6, 6.07) is -4.74. The number of hydrogen-bond acceptors (Lipinski definition) is 10. The SMILES string of the molecule is [2H]c1c([2H])c([C@@]2([2H])[C@H](Nc3nc(SC([2H])([2H])CC)nc4c3nnn4[C@@H]3C[C@H](OCC([2H])([2H])O)[C@@H](O)[C@H]3O)C2([2H])[2H])c([2H])c(F)c1C. The fourth-order valence-corrected chi connectivity index (χ4v) is 4.53. The first-order chi connectivity index (χ1) is 21.2. The van der Waals surface area contributed by atoms with Gasteiger partial charge in [-0.25, -0.2) is 19.0 Å². The maximum absolute atomic E-state index is 14.8. The standard InChI is InChI=1S/C24H31FN6O4S/c1-3-8-36-24-27-22(26-16-10-14(16)13-5-4-12(2)15(25)9-13)19-23(28-24)31(30-29-19)17-11-18(35-7-6-32)21(34)20(17)33/h4-5,9,14,16-18,20-21,32-34H,3,6-8,10-11H2,1-2H3,(H,26,27,28)/t14-,16+,17+,18-,20-,21+/m0/s1/i4D,5D,6D2,8D2,9D,10D2,14D. The molecule has 0 amide bonds. The second kappa shape index (κ2) is 10.5. The summed E-state index contributed by atoms with van der Waals surface area (Å²) in [5.41, 5.74) is -2.98. The summed E-state index contributed by atoms with van der Waals surface area (Å²) in [5.74, 6) is -3.79. The molecule has 36 heavy (non-hydrogen) atoms. The number of aliphatic hydroxyl groups is 3. The van der Waals surface area contributed by atoms with E-state index in [2.05, 4.69) is 25.6 Å². The number of thioether (sulfide) groups is 1. The Hall–Kier alpha value is -2.38. The molecule has 2 aliphatic rings. The van der Waals surface area contributed by atoms with Crippen molar-refractivity contribution in [2.75, 3.05) is 24.2 Å². The van der Waals surface area contributed by atoms with Crippen LogP contribution in [0.2, 0.25) is 0 Å². The van der Waals surface area contributed by atoms with Gasteiger partial charge >= 0.3 is 0 Å². The van der Waals surface area contributed by atoms with E-state index in [0.717, 1.165) is 4.68 Å². The summed E-state index contributed by atoms with van der Waals surface area (Å²) in [5, 5.41) is 41.4. The number of ether oxygens (including phenoxy) is 1. The van der Waals surface area contributed by atoms with E-state index in [-0.39, 0.29) is 40.5 Å². The van der Waals surface area contributed by atoms with Gasteiger partial charge in [0.15, 0.2) is 22.1 Å². The molecular formula is C24H31FN6O4S. The molecule has 10 nitrogen and oxygen atoms in total. The zero-order valence-electron chi connectivity index (χ0n) is 29.3. The Morgan fingerprint density at radius 3 is 3.00 bits per heavy atom. The predicted molar refractivity (Wildman–Crippen MR) is 133 cm³/mol. The average molecular weight is 529 g/mol. The Bertz CT molecular complexity index is 1650. The van der Waals surface area contributed by atoms with Crippen molar-refractivity contribution < 1.29 is 38.2 Å². The Morgan fingerprint density at radius 2 is 2.22 bits per heavy atom. The van der Waals surface area contributed by atoms with Crippen molar-refractivity contribution in [3.63, 3.8) is 0 Å². The van der Waals surface area contributed by atoms with Crippen molar-refractivity contribution in [1.29, 1.82) is 0 Å². The van der Waals surface area contributed by atoms with E-state index in [1.54, 1.807) is 6.92 Å². The van der Waals surface area contributed by atoms with Crippen molar-refractivity contribution in [1.82, 2.24) is 25.0 Å². The minimum absolute atomic E-state index is 0.0399. The van der Waals surface area contributed by atoms with Gasteiger partial charge in [0.25, 0.3) is 0 Å². The fourth-order valence-electron chi connectivity index (χ4n) is 3.99. The summed E-state index contributed by atoms with van der Waals surface area (Å²) in [7, 11) is 0. The van der Waals surface area contributed by atoms with Crippen LogP contribution >= 0.6 is 11.8 Å². The molecule has 4 N–H and O–H groups in total.